The Labute approximate surface area is 88.9 Å². The zero-order valence-corrected chi connectivity index (χ0v) is 9.00. The molecule has 0 saturated carbocycles. The molecule has 0 amide bonds. The average Bonchev–Trinajstić information content (AvgIpc) is 2.27. The molecule has 0 unspecified atom stereocenters. The van der Waals surface area contributed by atoms with Crippen molar-refractivity contribution in [3.05, 3.63) is 35.4 Å². The van der Waals surface area contributed by atoms with Crippen molar-refractivity contribution in [2.75, 3.05) is 7.05 Å². The van der Waals surface area contributed by atoms with Crippen LogP contribution in [0.5, 0.6) is 0 Å². The first-order valence-electron chi connectivity index (χ1n) is 4.24. The topological polar surface area (TPSA) is 82.0 Å². The second kappa shape index (κ2) is 4.89. The lowest BCUT2D eigenvalue weighted by Crippen LogP contribution is -2.33. The molecule has 2 N–H and O–H groups in total. The standard InChI is InChI=1S/C9H11N3O2S/c1-11-15(13,14)12-7-9-4-2-3-8(5-9)6-10/h2-5,11-12H,7H2,1H3. The molecule has 1 aromatic rings. The van der Waals surface area contributed by atoms with Crippen LogP contribution in [-0.4, -0.2) is 15.5 Å². The Morgan fingerprint density at radius 3 is 2.80 bits per heavy atom. The lowest BCUT2D eigenvalue weighted by atomic mass is 10.1. The van der Waals surface area contributed by atoms with Crippen LogP contribution in [0.1, 0.15) is 11.1 Å². The van der Waals surface area contributed by atoms with Crippen LogP contribution in [0.3, 0.4) is 0 Å². The first kappa shape index (κ1) is 11.7. The van der Waals surface area contributed by atoms with Gasteiger partial charge in [0.1, 0.15) is 0 Å². The van der Waals surface area contributed by atoms with Gasteiger partial charge in [-0.2, -0.15) is 18.4 Å². The number of hydrogen-bond acceptors (Lipinski definition) is 3. The Bertz CT molecular complexity index is 476. The lowest BCUT2D eigenvalue weighted by Gasteiger charge is -2.04. The van der Waals surface area contributed by atoms with Crippen molar-refractivity contribution < 1.29 is 8.42 Å². The molecule has 0 bridgehead atoms. The molecular weight excluding hydrogens is 214 g/mol. The van der Waals surface area contributed by atoms with Gasteiger partial charge in [-0.15, -0.1) is 0 Å². The molecule has 0 radical (unpaired) electrons. The van der Waals surface area contributed by atoms with Crippen LogP contribution in [0, 0.1) is 11.3 Å². The van der Waals surface area contributed by atoms with E-state index in [-0.39, 0.29) is 6.54 Å². The lowest BCUT2D eigenvalue weighted by molar-refractivity contribution is 0.573. The van der Waals surface area contributed by atoms with E-state index >= 15 is 0 Å². The molecule has 15 heavy (non-hydrogen) atoms. The summed E-state index contributed by atoms with van der Waals surface area (Å²) in [5.74, 6) is 0. The Morgan fingerprint density at radius 2 is 2.20 bits per heavy atom. The minimum Gasteiger partial charge on any atom is -0.205 e. The predicted octanol–water partition coefficient (Wildman–Crippen LogP) is 0.112. The van der Waals surface area contributed by atoms with Gasteiger partial charge in [0.15, 0.2) is 0 Å². The van der Waals surface area contributed by atoms with Crippen molar-refractivity contribution in [2.24, 2.45) is 0 Å². The van der Waals surface area contributed by atoms with Gasteiger partial charge < -0.3 is 0 Å². The van der Waals surface area contributed by atoms with Gasteiger partial charge in [-0.3, -0.25) is 0 Å². The highest BCUT2D eigenvalue weighted by molar-refractivity contribution is 7.87. The first-order valence-corrected chi connectivity index (χ1v) is 5.73. The molecule has 1 rings (SSSR count). The molecule has 0 heterocycles. The summed E-state index contributed by atoms with van der Waals surface area (Å²) in [5.41, 5.74) is 1.25. The van der Waals surface area contributed by atoms with Gasteiger partial charge in [0, 0.05) is 13.6 Å². The molecule has 0 aliphatic heterocycles. The molecule has 0 aliphatic carbocycles. The van der Waals surface area contributed by atoms with E-state index in [1.807, 2.05) is 6.07 Å². The number of hydrogen-bond donors (Lipinski definition) is 2. The number of nitrogens with zero attached hydrogens (tertiary/aromatic N) is 1. The molecule has 80 valence electrons. The van der Waals surface area contributed by atoms with E-state index in [1.165, 1.54) is 7.05 Å². The van der Waals surface area contributed by atoms with Crippen molar-refractivity contribution in [2.45, 2.75) is 6.54 Å². The summed E-state index contributed by atoms with van der Waals surface area (Å²) in [6.45, 7) is 0.165. The van der Waals surface area contributed by atoms with Crippen molar-refractivity contribution in [1.82, 2.24) is 9.44 Å². The number of nitrogens with one attached hydrogen (secondary N) is 2. The number of benzene rings is 1. The summed E-state index contributed by atoms with van der Waals surface area (Å²) in [7, 11) is -2.09. The highest BCUT2D eigenvalue weighted by Gasteiger charge is 2.04. The number of nitriles is 1. The van der Waals surface area contributed by atoms with Crippen LogP contribution in [0.4, 0.5) is 0 Å². The fourth-order valence-corrected chi connectivity index (χ4v) is 1.50. The van der Waals surface area contributed by atoms with E-state index in [1.54, 1.807) is 24.3 Å². The van der Waals surface area contributed by atoms with Crippen LogP contribution in [0.15, 0.2) is 24.3 Å². The molecule has 6 heteroatoms. The monoisotopic (exact) mass is 225 g/mol. The summed E-state index contributed by atoms with van der Waals surface area (Å²) < 4.78 is 26.5. The Balaban J connectivity index is 2.71. The van der Waals surface area contributed by atoms with E-state index in [0.717, 1.165) is 5.56 Å². The minimum absolute atomic E-state index is 0.165. The molecular formula is C9H11N3O2S. The second-order valence-electron chi connectivity index (χ2n) is 2.84. The fraction of sp³-hybridized carbons (Fsp3) is 0.222. The molecule has 0 spiro atoms. The van der Waals surface area contributed by atoms with Gasteiger partial charge in [0.25, 0.3) is 10.2 Å². The third kappa shape index (κ3) is 3.67. The Kier molecular flexibility index (Phi) is 3.80. The zero-order valence-electron chi connectivity index (χ0n) is 8.19. The molecule has 0 saturated heterocycles. The fourth-order valence-electron chi connectivity index (χ4n) is 1.00. The summed E-state index contributed by atoms with van der Waals surface area (Å²) in [6.07, 6.45) is 0. The van der Waals surface area contributed by atoms with Gasteiger partial charge in [-0.1, -0.05) is 12.1 Å². The van der Waals surface area contributed by atoms with Crippen LogP contribution < -0.4 is 9.44 Å². The van der Waals surface area contributed by atoms with Gasteiger partial charge in [0.05, 0.1) is 11.6 Å². The third-order valence-corrected chi connectivity index (χ3v) is 2.85. The summed E-state index contributed by atoms with van der Waals surface area (Å²) in [4.78, 5) is 0. The molecule has 0 aliphatic rings. The molecule has 5 nitrogen and oxygen atoms in total. The number of rotatable bonds is 4. The van der Waals surface area contributed by atoms with E-state index in [0.29, 0.717) is 5.56 Å². The van der Waals surface area contributed by atoms with Crippen molar-refractivity contribution in [3.63, 3.8) is 0 Å². The molecule has 1 aromatic carbocycles. The van der Waals surface area contributed by atoms with Crippen molar-refractivity contribution in [3.8, 4) is 6.07 Å². The highest BCUT2D eigenvalue weighted by Crippen LogP contribution is 2.03. The highest BCUT2D eigenvalue weighted by atomic mass is 32.2. The van der Waals surface area contributed by atoms with Crippen LogP contribution in [0.2, 0.25) is 0 Å². The van der Waals surface area contributed by atoms with Crippen LogP contribution >= 0.6 is 0 Å². The summed E-state index contributed by atoms with van der Waals surface area (Å²) in [6, 6.07) is 8.74. The van der Waals surface area contributed by atoms with Gasteiger partial charge in [-0.25, -0.2) is 4.72 Å². The minimum atomic E-state index is -3.42. The maximum absolute atomic E-state index is 11.0. The maximum atomic E-state index is 11.0. The average molecular weight is 225 g/mol. The summed E-state index contributed by atoms with van der Waals surface area (Å²) >= 11 is 0. The maximum Gasteiger partial charge on any atom is 0.276 e. The first-order chi connectivity index (χ1) is 7.07. The molecule has 0 aromatic heterocycles. The Morgan fingerprint density at radius 1 is 1.47 bits per heavy atom. The van der Waals surface area contributed by atoms with E-state index in [9.17, 15) is 8.42 Å². The van der Waals surface area contributed by atoms with Gasteiger partial charge in [-0.05, 0) is 17.7 Å². The summed E-state index contributed by atoms with van der Waals surface area (Å²) in [5, 5.41) is 8.64. The molecule has 0 fully saturated rings. The van der Waals surface area contributed by atoms with Crippen molar-refractivity contribution in [1.29, 1.82) is 5.26 Å². The van der Waals surface area contributed by atoms with Crippen LogP contribution in [-0.2, 0) is 16.8 Å². The molecule has 0 atom stereocenters. The SMILES string of the molecule is CNS(=O)(=O)NCc1cccc(C#N)c1. The normalized spacial score (nSPS) is 10.9. The van der Waals surface area contributed by atoms with Crippen molar-refractivity contribution >= 4 is 10.2 Å². The van der Waals surface area contributed by atoms with Gasteiger partial charge >= 0.3 is 0 Å². The van der Waals surface area contributed by atoms with E-state index in [4.69, 9.17) is 5.26 Å². The second-order valence-corrected chi connectivity index (χ2v) is 4.54. The zero-order chi connectivity index (χ0) is 11.3. The van der Waals surface area contributed by atoms with Crippen LogP contribution in [0.25, 0.3) is 0 Å². The Hall–Kier alpha value is -1.42. The smallest absolute Gasteiger partial charge is 0.205 e. The quantitative estimate of drug-likeness (QED) is 0.763. The van der Waals surface area contributed by atoms with E-state index < -0.39 is 10.2 Å². The van der Waals surface area contributed by atoms with E-state index in [2.05, 4.69) is 9.44 Å². The van der Waals surface area contributed by atoms with Gasteiger partial charge in [0.2, 0.25) is 0 Å². The third-order valence-electron chi connectivity index (χ3n) is 1.79. The predicted molar refractivity (Wildman–Crippen MR) is 56.0 cm³/mol. The largest absolute Gasteiger partial charge is 0.276 e.